The van der Waals surface area contributed by atoms with Crippen molar-refractivity contribution < 1.29 is 58.6 Å². The Balaban J connectivity index is 1.65. The van der Waals surface area contributed by atoms with Crippen LogP contribution in [0.2, 0.25) is 0 Å². The molecule has 0 unspecified atom stereocenters. The summed E-state index contributed by atoms with van der Waals surface area (Å²) in [4.78, 5) is 54.9. The molecule has 0 aliphatic carbocycles. The molecule has 0 aromatic heterocycles. The number of carbonyl (C=O) groups excluding carboxylic acids is 4. The molecule has 0 radical (unpaired) electrons. The lowest BCUT2D eigenvalue weighted by Gasteiger charge is -2.32. The maximum Gasteiger partial charge on any atom is 0.306 e. The fourth-order valence-electron chi connectivity index (χ4n) is 8.85. The zero-order valence-corrected chi connectivity index (χ0v) is 46.7. The van der Waals surface area contributed by atoms with Crippen LogP contribution < -0.4 is 0 Å². The molecule has 0 saturated heterocycles. The molecule has 0 atom stereocenters. The average Bonchev–Trinajstić information content (AvgIpc) is 3.25. The smallest absolute Gasteiger partial charge is 0.306 e. The normalized spacial score (nSPS) is 12.4. The van der Waals surface area contributed by atoms with E-state index in [2.05, 4.69) is 0 Å². The standard InChI is InChI=1S/C61H84O12/c1-37-25-49(62)45(57(5,6)7)29-41(37)17-21-53(66)70-33-61(34-71-54(67)22-18-42-30-46(58(8,9)10)50(63)26-38(42)2,35-72-55(68)23-19-43-31-47(59(11,12)13)51(64)27-39(43)3)36-73-56(69)24-20-44-32-48(60(14,15)16)52(65)28-40(44)4/h25-32,62-65H,17-24,33-36H2,1-16H3. The van der Waals surface area contributed by atoms with E-state index in [0.717, 1.165) is 66.8 Å². The summed E-state index contributed by atoms with van der Waals surface area (Å²) < 4.78 is 23.8. The van der Waals surface area contributed by atoms with Gasteiger partial charge in [0, 0.05) is 25.7 Å². The molecule has 400 valence electrons. The van der Waals surface area contributed by atoms with E-state index < -0.39 is 55.7 Å². The Labute approximate surface area is 434 Å². The lowest BCUT2D eigenvalue weighted by Crippen LogP contribution is -2.44. The molecule has 12 heteroatoms. The SMILES string of the molecule is Cc1cc(O)c(C(C)(C)C)cc1CCC(=O)OCC(COC(=O)CCc1cc(C(C)(C)C)c(O)cc1C)(COC(=O)CCc1cc(C(C)(C)C)c(O)cc1C)COC(=O)CCc1cc(C(C)(C)C)c(O)cc1C. The second-order valence-corrected chi connectivity index (χ2v) is 24.3. The monoisotopic (exact) mass is 1010 g/mol. The van der Waals surface area contributed by atoms with Crippen LogP contribution in [0.4, 0.5) is 0 Å². The number of carbonyl (C=O) groups is 4. The molecule has 73 heavy (non-hydrogen) atoms. The van der Waals surface area contributed by atoms with Crippen molar-refractivity contribution >= 4 is 23.9 Å². The number of hydrogen-bond donors (Lipinski definition) is 4. The Morgan fingerprint density at radius 3 is 0.685 bits per heavy atom. The molecule has 0 aliphatic heterocycles. The van der Waals surface area contributed by atoms with Crippen molar-refractivity contribution in [3.8, 4) is 23.0 Å². The molecule has 0 bridgehead atoms. The topological polar surface area (TPSA) is 186 Å². The van der Waals surface area contributed by atoms with E-state index in [1.54, 1.807) is 24.3 Å². The number of hydrogen-bond acceptors (Lipinski definition) is 12. The molecule has 4 rings (SSSR count). The summed E-state index contributed by atoms with van der Waals surface area (Å²) >= 11 is 0. The van der Waals surface area contributed by atoms with Crippen LogP contribution >= 0.6 is 0 Å². The van der Waals surface area contributed by atoms with Crippen LogP contribution in [0.5, 0.6) is 23.0 Å². The first-order valence-corrected chi connectivity index (χ1v) is 25.5. The van der Waals surface area contributed by atoms with Crippen molar-refractivity contribution in [2.75, 3.05) is 26.4 Å². The van der Waals surface area contributed by atoms with E-state index >= 15 is 0 Å². The molecular weight excluding hydrogens is 925 g/mol. The molecule has 12 nitrogen and oxygen atoms in total. The summed E-state index contributed by atoms with van der Waals surface area (Å²) in [7, 11) is 0. The second-order valence-electron chi connectivity index (χ2n) is 24.3. The maximum atomic E-state index is 13.7. The number of aromatic hydroxyl groups is 4. The van der Waals surface area contributed by atoms with Gasteiger partial charge in [0.2, 0.25) is 0 Å². The van der Waals surface area contributed by atoms with Crippen LogP contribution in [0.3, 0.4) is 0 Å². The number of phenolic OH excluding ortho intramolecular Hbond substituents is 4. The Kier molecular flexibility index (Phi) is 19.5. The minimum Gasteiger partial charge on any atom is -0.508 e. The van der Waals surface area contributed by atoms with Crippen LogP contribution in [-0.2, 0) is 85.5 Å². The lowest BCUT2D eigenvalue weighted by atomic mass is 9.84. The van der Waals surface area contributed by atoms with Gasteiger partial charge in [0.15, 0.2) is 0 Å². The highest BCUT2D eigenvalue weighted by Gasteiger charge is 2.38. The quantitative estimate of drug-likeness (QED) is 0.0486. The lowest BCUT2D eigenvalue weighted by molar-refractivity contribution is -0.170. The first-order valence-electron chi connectivity index (χ1n) is 25.5. The van der Waals surface area contributed by atoms with Crippen molar-refractivity contribution in [2.24, 2.45) is 5.41 Å². The van der Waals surface area contributed by atoms with Crippen LogP contribution in [0.1, 0.15) is 176 Å². The Bertz CT molecular complexity index is 2260. The zero-order valence-electron chi connectivity index (χ0n) is 46.7. The largest absolute Gasteiger partial charge is 0.508 e. The summed E-state index contributed by atoms with van der Waals surface area (Å²) in [6.45, 7) is 29.6. The Hall–Kier alpha value is -6.04. The van der Waals surface area contributed by atoms with Gasteiger partial charge in [-0.15, -0.1) is 0 Å². The maximum absolute atomic E-state index is 13.7. The van der Waals surface area contributed by atoms with Gasteiger partial charge in [-0.05, 0) is 166 Å². The highest BCUT2D eigenvalue weighted by Crippen LogP contribution is 2.37. The van der Waals surface area contributed by atoms with E-state index in [1.807, 2.05) is 135 Å². The van der Waals surface area contributed by atoms with Crippen LogP contribution in [0.15, 0.2) is 48.5 Å². The number of ether oxygens (including phenoxy) is 4. The number of aryl methyl sites for hydroxylation is 8. The Morgan fingerprint density at radius 2 is 0.521 bits per heavy atom. The number of phenols is 4. The molecule has 0 fully saturated rings. The van der Waals surface area contributed by atoms with Crippen LogP contribution in [0, 0.1) is 33.1 Å². The molecule has 4 aromatic carbocycles. The summed E-state index contributed by atoms with van der Waals surface area (Å²) in [6, 6.07) is 14.4. The average molecular weight is 1010 g/mol. The minimum absolute atomic E-state index is 0.0434. The van der Waals surface area contributed by atoms with Gasteiger partial charge in [-0.25, -0.2) is 0 Å². The van der Waals surface area contributed by atoms with Crippen molar-refractivity contribution in [1.29, 1.82) is 0 Å². The van der Waals surface area contributed by atoms with Crippen molar-refractivity contribution in [3.63, 3.8) is 0 Å². The number of esters is 4. The van der Waals surface area contributed by atoms with Gasteiger partial charge >= 0.3 is 23.9 Å². The van der Waals surface area contributed by atoms with E-state index in [-0.39, 0.29) is 70.3 Å². The molecule has 0 spiro atoms. The first-order chi connectivity index (χ1) is 33.6. The number of benzene rings is 4. The minimum atomic E-state index is -1.54. The third-order valence-electron chi connectivity index (χ3n) is 13.6. The molecule has 0 aliphatic rings. The highest BCUT2D eigenvalue weighted by atomic mass is 16.6. The van der Waals surface area contributed by atoms with Crippen LogP contribution in [0.25, 0.3) is 0 Å². The van der Waals surface area contributed by atoms with Gasteiger partial charge in [0.05, 0.1) is 0 Å². The van der Waals surface area contributed by atoms with Gasteiger partial charge in [0.25, 0.3) is 0 Å². The zero-order chi connectivity index (χ0) is 55.0. The van der Waals surface area contributed by atoms with Crippen LogP contribution in [-0.4, -0.2) is 70.7 Å². The van der Waals surface area contributed by atoms with Gasteiger partial charge in [0.1, 0.15) is 54.8 Å². The molecule has 0 heterocycles. The predicted octanol–water partition coefficient (Wildman–Crippen LogP) is 11.9. The summed E-state index contributed by atoms with van der Waals surface area (Å²) in [5, 5.41) is 42.8. The molecular formula is C61H84O12. The van der Waals surface area contributed by atoms with Gasteiger partial charge in [-0.1, -0.05) is 107 Å². The van der Waals surface area contributed by atoms with Gasteiger partial charge in [-0.2, -0.15) is 0 Å². The second kappa shape index (κ2) is 23.9. The first kappa shape index (κ1) is 59.5. The van der Waals surface area contributed by atoms with Crippen molar-refractivity contribution in [2.45, 2.75) is 184 Å². The predicted molar refractivity (Wildman–Crippen MR) is 286 cm³/mol. The summed E-state index contributed by atoms with van der Waals surface area (Å²) in [5.74, 6) is -1.67. The fourth-order valence-corrected chi connectivity index (χ4v) is 8.85. The van der Waals surface area contributed by atoms with Gasteiger partial charge in [-0.3, -0.25) is 19.2 Å². The molecule has 0 amide bonds. The van der Waals surface area contributed by atoms with Gasteiger partial charge < -0.3 is 39.4 Å². The van der Waals surface area contributed by atoms with E-state index in [0.29, 0.717) is 25.7 Å². The Morgan fingerprint density at radius 1 is 0.342 bits per heavy atom. The summed E-state index contributed by atoms with van der Waals surface area (Å²) in [5.41, 5.74) is 6.69. The molecule has 4 N–H and O–H groups in total. The van der Waals surface area contributed by atoms with E-state index in [9.17, 15) is 39.6 Å². The van der Waals surface area contributed by atoms with E-state index in [1.165, 1.54) is 0 Å². The third kappa shape index (κ3) is 17.0. The molecule has 0 saturated carbocycles. The van der Waals surface area contributed by atoms with E-state index in [4.69, 9.17) is 18.9 Å². The van der Waals surface area contributed by atoms with Crippen molar-refractivity contribution in [1.82, 2.24) is 0 Å². The number of rotatable bonds is 20. The fraction of sp³-hybridized carbons (Fsp3) is 0.541. The highest BCUT2D eigenvalue weighted by molar-refractivity contribution is 5.72. The third-order valence-corrected chi connectivity index (χ3v) is 13.6. The summed E-state index contributed by atoms with van der Waals surface area (Å²) in [6.07, 6.45) is 1.03. The molecule has 4 aromatic rings. The van der Waals surface area contributed by atoms with Crippen molar-refractivity contribution in [3.05, 3.63) is 115 Å².